The van der Waals surface area contributed by atoms with Crippen LogP contribution in [0.3, 0.4) is 0 Å². The van der Waals surface area contributed by atoms with E-state index in [-0.39, 0.29) is 24.5 Å². The maximum absolute atomic E-state index is 12.5. The highest BCUT2D eigenvalue weighted by Crippen LogP contribution is 2.24. The second-order valence-electron chi connectivity index (χ2n) is 7.67. The van der Waals surface area contributed by atoms with Crippen molar-refractivity contribution in [2.45, 2.75) is 39.7 Å². The van der Waals surface area contributed by atoms with Crippen molar-refractivity contribution in [2.24, 2.45) is 5.92 Å². The molecule has 2 aromatic carbocycles. The molecular weight excluding hydrogens is 366 g/mol. The van der Waals surface area contributed by atoms with Crippen molar-refractivity contribution in [2.75, 3.05) is 6.61 Å². The minimum atomic E-state index is -0.155. The summed E-state index contributed by atoms with van der Waals surface area (Å²) in [5.74, 6) is 1.63. The molecule has 0 radical (unpaired) electrons. The van der Waals surface area contributed by atoms with Gasteiger partial charge in [-0.15, -0.1) is 10.2 Å². The fraction of sp³-hybridized carbons (Fsp3) is 0.348. The minimum Gasteiger partial charge on any atom is -0.484 e. The zero-order valence-electron chi connectivity index (χ0n) is 17.3. The van der Waals surface area contributed by atoms with Crippen LogP contribution in [-0.2, 0) is 4.79 Å². The van der Waals surface area contributed by atoms with E-state index in [9.17, 15) is 4.79 Å². The number of aromatic nitrogens is 2. The van der Waals surface area contributed by atoms with Gasteiger partial charge in [0.15, 0.2) is 6.61 Å². The van der Waals surface area contributed by atoms with Gasteiger partial charge in [0.25, 0.3) is 5.91 Å². The summed E-state index contributed by atoms with van der Waals surface area (Å²) in [6, 6.07) is 15.6. The summed E-state index contributed by atoms with van der Waals surface area (Å²) in [5.41, 5.74) is 3.18. The normalized spacial score (nSPS) is 12.2. The largest absolute Gasteiger partial charge is 0.484 e. The van der Waals surface area contributed by atoms with Gasteiger partial charge in [0.1, 0.15) is 5.75 Å². The second-order valence-corrected chi connectivity index (χ2v) is 7.67. The van der Waals surface area contributed by atoms with E-state index in [1.54, 1.807) is 12.1 Å². The van der Waals surface area contributed by atoms with Gasteiger partial charge < -0.3 is 14.5 Å². The maximum atomic E-state index is 12.5. The first-order valence-corrected chi connectivity index (χ1v) is 9.82. The van der Waals surface area contributed by atoms with Crippen LogP contribution >= 0.6 is 0 Å². The van der Waals surface area contributed by atoms with Crippen LogP contribution in [0.4, 0.5) is 0 Å². The molecule has 1 atom stereocenters. The van der Waals surface area contributed by atoms with E-state index in [2.05, 4.69) is 67.5 Å². The van der Waals surface area contributed by atoms with E-state index in [1.165, 1.54) is 12.0 Å². The van der Waals surface area contributed by atoms with Gasteiger partial charge in [0.2, 0.25) is 12.3 Å². The van der Waals surface area contributed by atoms with Gasteiger partial charge in [0.05, 0.1) is 6.04 Å². The summed E-state index contributed by atoms with van der Waals surface area (Å²) in [6.07, 6.45) is 1.28. The standard InChI is InChI=1S/C23H27N3O3/c1-15(2)17-5-7-18(8-6-17)22(16(3)4)25-21(27)13-28-20-11-9-19(10-12-20)23-26-24-14-29-23/h5-12,14-16,22H,13H2,1-4H3,(H,25,27)/t22-/m1/s1. The summed E-state index contributed by atoms with van der Waals surface area (Å²) in [5, 5.41) is 10.6. The Labute approximate surface area is 171 Å². The zero-order chi connectivity index (χ0) is 20.8. The molecule has 3 aromatic rings. The Morgan fingerprint density at radius 2 is 1.66 bits per heavy atom. The lowest BCUT2D eigenvalue weighted by Crippen LogP contribution is -2.35. The van der Waals surface area contributed by atoms with Gasteiger partial charge >= 0.3 is 0 Å². The van der Waals surface area contributed by atoms with Gasteiger partial charge in [-0.25, -0.2) is 0 Å². The zero-order valence-corrected chi connectivity index (χ0v) is 17.3. The van der Waals surface area contributed by atoms with E-state index in [0.717, 1.165) is 11.1 Å². The fourth-order valence-corrected chi connectivity index (χ4v) is 3.08. The lowest BCUT2D eigenvalue weighted by Gasteiger charge is -2.23. The molecule has 0 aliphatic heterocycles. The molecule has 0 saturated heterocycles. The fourth-order valence-electron chi connectivity index (χ4n) is 3.08. The number of amides is 1. The summed E-state index contributed by atoms with van der Waals surface area (Å²) in [6.45, 7) is 8.48. The van der Waals surface area contributed by atoms with E-state index in [4.69, 9.17) is 9.15 Å². The van der Waals surface area contributed by atoms with Gasteiger partial charge in [-0.2, -0.15) is 0 Å². The average Bonchev–Trinajstić information content (AvgIpc) is 3.25. The Morgan fingerprint density at radius 3 is 2.21 bits per heavy atom. The third-order valence-electron chi connectivity index (χ3n) is 4.78. The van der Waals surface area contributed by atoms with Crippen molar-refractivity contribution in [3.8, 4) is 17.2 Å². The molecule has 29 heavy (non-hydrogen) atoms. The van der Waals surface area contributed by atoms with Crippen molar-refractivity contribution in [1.29, 1.82) is 0 Å². The number of nitrogens with one attached hydrogen (secondary N) is 1. The van der Waals surface area contributed by atoms with Crippen LogP contribution in [0, 0.1) is 5.92 Å². The quantitative estimate of drug-likeness (QED) is 0.597. The van der Waals surface area contributed by atoms with Crippen LogP contribution in [0.15, 0.2) is 59.3 Å². The highest BCUT2D eigenvalue weighted by atomic mass is 16.5. The number of hydrogen-bond acceptors (Lipinski definition) is 5. The van der Waals surface area contributed by atoms with Crippen LogP contribution in [-0.4, -0.2) is 22.7 Å². The molecule has 0 bridgehead atoms. The van der Waals surface area contributed by atoms with Crippen LogP contribution in [0.2, 0.25) is 0 Å². The number of rotatable bonds is 8. The lowest BCUT2D eigenvalue weighted by molar-refractivity contribution is -0.124. The second kappa shape index (κ2) is 9.37. The molecule has 0 spiro atoms. The van der Waals surface area contributed by atoms with E-state index in [1.807, 2.05) is 12.1 Å². The average molecular weight is 393 g/mol. The Kier molecular flexibility index (Phi) is 6.65. The van der Waals surface area contributed by atoms with Crippen molar-refractivity contribution in [1.82, 2.24) is 15.5 Å². The number of hydrogen-bond donors (Lipinski definition) is 1. The Morgan fingerprint density at radius 1 is 1.00 bits per heavy atom. The SMILES string of the molecule is CC(C)c1ccc([C@H](NC(=O)COc2ccc(-c3nnco3)cc2)C(C)C)cc1. The Hall–Kier alpha value is -3.15. The smallest absolute Gasteiger partial charge is 0.258 e. The maximum Gasteiger partial charge on any atom is 0.258 e. The molecule has 0 fully saturated rings. The highest BCUT2D eigenvalue weighted by molar-refractivity contribution is 5.78. The summed E-state index contributed by atoms with van der Waals surface area (Å²) in [7, 11) is 0. The first-order chi connectivity index (χ1) is 13.9. The van der Waals surface area contributed by atoms with Gasteiger partial charge in [-0.3, -0.25) is 4.79 Å². The Balaban J connectivity index is 1.57. The summed E-state index contributed by atoms with van der Waals surface area (Å²) >= 11 is 0. The third kappa shape index (κ3) is 5.44. The molecule has 3 rings (SSSR count). The molecule has 0 aliphatic carbocycles. The molecule has 0 saturated carbocycles. The Bertz CT molecular complexity index is 902. The first-order valence-electron chi connectivity index (χ1n) is 9.82. The molecule has 1 amide bonds. The molecule has 0 aliphatic rings. The number of carbonyl (C=O) groups excluding carboxylic acids is 1. The molecule has 152 valence electrons. The van der Waals surface area contributed by atoms with Crippen molar-refractivity contribution < 1.29 is 13.9 Å². The molecule has 1 heterocycles. The van der Waals surface area contributed by atoms with Crippen LogP contribution in [0.25, 0.3) is 11.5 Å². The first kappa shape index (κ1) is 20.6. The van der Waals surface area contributed by atoms with Crippen LogP contribution in [0.1, 0.15) is 50.8 Å². The van der Waals surface area contributed by atoms with Crippen molar-refractivity contribution >= 4 is 5.91 Å². The predicted octanol–water partition coefficient (Wildman–Crippen LogP) is 4.75. The number of carbonyl (C=O) groups is 1. The summed E-state index contributed by atoms with van der Waals surface area (Å²) in [4.78, 5) is 12.5. The molecular formula is C23H27N3O3. The summed E-state index contributed by atoms with van der Waals surface area (Å²) < 4.78 is 10.8. The van der Waals surface area contributed by atoms with Gasteiger partial charge in [-0.1, -0.05) is 52.0 Å². The molecule has 1 aromatic heterocycles. The van der Waals surface area contributed by atoms with E-state index >= 15 is 0 Å². The number of ether oxygens (including phenoxy) is 1. The third-order valence-corrected chi connectivity index (χ3v) is 4.78. The van der Waals surface area contributed by atoms with Crippen molar-refractivity contribution in [3.63, 3.8) is 0 Å². The van der Waals surface area contributed by atoms with E-state index < -0.39 is 0 Å². The minimum absolute atomic E-state index is 0.0484. The van der Waals surface area contributed by atoms with Gasteiger partial charge in [0, 0.05) is 5.56 Å². The predicted molar refractivity (Wildman–Crippen MR) is 111 cm³/mol. The number of benzene rings is 2. The number of nitrogens with zero attached hydrogens (tertiary/aromatic N) is 2. The highest BCUT2D eigenvalue weighted by Gasteiger charge is 2.19. The molecule has 6 heteroatoms. The topological polar surface area (TPSA) is 77.2 Å². The molecule has 6 nitrogen and oxygen atoms in total. The monoisotopic (exact) mass is 393 g/mol. The molecule has 1 N–H and O–H groups in total. The van der Waals surface area contributed by atoms with Gasteiger partial charge in [-0.05, 0) is 47.2 Å². The van der Waals surface area contributed by atoms with Crippen molar-refractivity contribution in [3.05, 3.63) is 66.1 Å². The van der Waals surface area contributed by atoms with Crippen LogP contribution < -0.4 is 10.1 Å². The van der Waals surface area contributed by atoms with Crippen LogP contribution in [0.5, 0.6) is 5.75 Å². The van der Waals surface area contributed by atoms with E-state index in [0.29, 0.717) is 17.6 Å². The lowest BCUT2D eigenvalue weighted by atomic mass is 9.93. The molecule has 0 unspecified atom stereocenters.